The van der Waals surface area contributed by atoms with E-state index in [4.69, 9.17) is 0 Å². The van der Waals surface area contributed by atoms with Crippen LogP contribution in [-0.4, -0.2) is 54.5 Å². The molecule has 1 aromatic rings. The maximum Gasteiger partial charge on any atom is 0.234 e. The quantitative estimate of drug-likeness (QED) is 0.874. The van der Waals surface area contributed by atoms with Gasteiger partial charge >= 0.3 is 0 Å². The number of nitrogens with zero attached hydrogens (tertiary/aromatic N) is 2. The van der Waals surface area contributed by atoms with E-state index in [0.717, 1.165) is 32.7 Å². The summed E-state index contributed by atoms with van der Waals surface area (Å²) >= 11 is 5.30. The highest BCUT2D eigenvalue weighted by atomic mass is 79.9. The maximum atomic E-state index is 11.7. The number of rotatable bonds is 5. The summed E-state index contributed by atoms with van der Waals surface area (Å²) in [5.41, 5.74) is 0. The van der Waals surface area contributed by atoms with Crippen molar-refractivity contribution < 1.29 is 4.79 Å². The molecule has 0 bridgehead atoms. The van der Waals surface area contributed by atoms with Crippen LogP contribution in [0.25, 0.3) is 0 Å². The zero-order chi connectivity index (χ0) is 14.5. The van der Waals surface area contributed by atoms with E-state index in [1.807, 2.05) is 13.8 Å². The number of thiophene rings is 1. The molecule has 1 aliphatic rings. The van der Waals surface area contributed by atoms with Gasteiger partial charge in [0, 0.05) is 43.6 Å². The Bertz CT molecular complexity index is 441. The van der Waals surface area contributed by atoms with Gasteiger partial charge < -0.3 is 5.32 Å². The highest BCUT2D eigenvalue weighted by Crippen LogP contribution is 2.23. The lowest BCUT2D eigenvalue weighted by Crippen LogP contribution is -2.49. The Morgan fingerprint density at radius 2 is 1.95 bits per heavy atom. The number of carbonyl (C=O) groups is 1. The van der Waals surface area contributed by atoms with Crippen LogP contribution in [0, 0.1) is 0 Å². The third-order valence-electron chi connectivity index (χ3n) is 3.29. The Hall–Kier alpha value is -0.430. The zero-order valence-electron chi connectivity index (χ0n) is 12.1. The second-order valence-corrected chi connectivity index (χ2v) is 8.03. The predicted molar refractivity (Wildman–Crippen MR) is 87.0 cm³/mol. The van der Waals surface area contributed by atoms with Crippen molar-refractivity contribution in [3.05, 3.63) is 20.8 Å². The lowest BCUT2D eigenvalue weighted by atomic mass is 10.3. The first-order valence-electron chi connectivity index (χ1n) is 7.01. The maximum absolute atomic E-state index is 11.7. The van der Waals surface area contributed by atoms with Crippen LogP contribution in [0.4, 0.5) is 0 Å². The monoisotopic (exact) mass is 359 g/mol. The van der Waals surface area contributed by atoms with Crippen LogP contribution in [0.3, 0.4) is 0 Å². The average Bonchev–Trinajstić information content (AvgIpc) is 2.76. The number of carbonyl (C=O) groups excluding carboxylic acids is 1. The van der Waals surface area contributed by atoms with Crippen molar-refractivity contribution in [1.82, 2.24) is 15.1 Å². The summed E-state index contributed by atoms with van der Waals surface area (Å²) in [4.78, 5) is 17.8. The van der Waals surface area contributed by atoms with Crippen LogP contribution >= 0.6 is 27.3 Å². The first-order valence-corrected chi connectivity index (χ1v) is 8.62. The summed E-state index contributed by atoms with van der Waals surface area (Å²) in [7, 11) is 0. The van der Waals surface area contributed by atoms with Crippen LogP contribution in [0.1, 0.15) is 18.7 Å². The third kappa shape index (κ3) is 5.16. The highest BCUT2D eigenvalue weighted by molar-refractivity contribution is 9.11. The molecule has 1 amide bonds. The molecule has 1 aliphatic heterocycles. The van der Waals surface area contributed by atoms with Gasteiger partial charge in [-0.1, -0.05) is 0 Å². The molecule has 112 valence electrons. The Morgan fingerprint density at radius 1 is 1.30 bits per heavy atom. The molecule has 1 saturated heterocycles. The van der Waals surface area contributed by atoms with Crippen molar-refractivity contribution in [1.29, 1.82) is 0 Å². The number of halogens is 1. The minimum atomic E-state index is 0.135. The SMILES string of the molecule is CC(C)NC(=O)CN1CCN(Cc2ccc(Br)s2)CC1. The topological polar surface area (TPSA) is 35.6 Å². The van der Waals surface area contributed by atoms with Gasteiger partial charge in [-0.2, -0.15) is 0 Å². The standard InChI is InChI=1S/C14H22BrN3OS/c1-11(2)16-14(19)10-18-7-5-17(6-8-18)9-12-3-4-13(15)20-12/h3-4,11H,5-10H2,1-2H3,(H,16,19). The first-order chi connectivity index (χ1) is 9.52. The second kappa shape index (κ2) is 7.54. The number of piperazine rings is 1. The fraction of sp³-hybridized carbons (Fsp3) is 0.643. The molecule has 0 spiro atoms. The summed E-state index contributed by atoms with van der Waals surface area (Å²) in [5.74, 6) is 0.135. The number of amides is 1. The fourth-order valence-electron chi connectivity index (χ4n) is 2.33. The van der Waals surface area contributed by atoms with Crippen LogP contribution < -0.4 is 5.32 Å². The van der Waals surface area contributed by atoms with Crippen molar-refractivity contribution in [3.8, 4) is 0 Å². The molecule has 0 aromatic carbocycles. The lowest BCUT2D eigenvalue weighted by Gasteiger charge is -2.34. The summed E-state index contributed by atoms with van der Waals surface area (Å²) in [5, 5.41) is 2.95. The molecular formula is C14H22BrN3OS. The van der Waals surface area contributed by atoms with Crippen LogP contribution in [0.15, 0.2) is 15.9 Å². The van der Waals surface area contributed by atoms with Gasteiger partial charge in [0.15, 0.2) is 0 Å². The minimum absolute atomic E-state index is 0.135. The van der Waals surface area contributed by atoms with Gasteiger partial charge in [0.1, 0.15) is 0 Å². The average molecular weight is 360 g/mol. The Balaban J connectivity index is 1.71. The summed E-state index contributed by atoms with van der Waals surface area (Å²) in [6.07, 6.45) is 0. The van der Waals surface area contributed by atoms with E-state index < -0.39 is 0 Å². The molecule has 1 fully saturated rings. The molecular weight excluding hydrogens is 338 g/mol. The smallest absolute Gasteiger partial charge is 0.234 e. The van der Waals surface area contributed by atoms with Gasteiger partial charge in [0.05, 0.1) is 10.3 Å². The molecule has 1 aromatic heterocycles. The molecule has 4 nitrogen and oxygen atoms in total. The molecule has 2 heterocycles. The first kappa shape index (κ1) is 15.9. The van der Waals surface area contributed by atoms with E-state index in [2.05, 4.69) is 43.2 Å². The van der Waals surface area contributed by atoms with Gasteiger partial charge in [-0.15, -0.1) is 11.3 Å². The fourth-order valence-corrected chi connectivity index (χ4v) is 3.86. The van der Waals surface area contributed by atoms with Crippen LogP contribution in [-0.2, 0) is 11.3 Å². The van der Waals surface area contributed by atoms with Gasteiger partial charge in [0.2, 0.25) is 5.91 Å². The number of hydrogen-bond acceptors (Lipinski definition) is 4. The molecule has 6 heteroatoms. The van der Waals surface area contributed by atoms with Crippen molar-refractivity contribution >= 4 is 33.2 Å². The number of nitrogens with one attached hydrogen (secondary N) is 1. The van der Waals surface area contributed by atoms with E-state index >= 15 is 0 Å². The van der Waals surface area contributed by atoms with Gasteiger partial charge in [-0.25, -0.2) is 0 Å². The lowest BCUT2D eigenvalue weighted by molar-refractivity contribution is -0.123. The van der Waals surface area contributed by atoms with E-state index in [1.54, 1.807) is 11.3 Å². The third-order valence-corrected chi connectivity index (χ3v) is 4.90. The molecule has 0 unspecified atom stereocenters. The van der Waals surface area contributed by atoms with Crippen LogP contribution in [0.5, 0.6) is 0 Å². The van der Waals surface area contributed by atoms with Crippen molar-refractivity contribution in [2.24, 2.45) is 0 Å². The molecule has 0 saturated carbocycles. The zero-order valence-corrected chi connectivity index (χ0v) is 14.5. The Labute approximate surface area is 133 Å². The van der Waals surface area contributed by atoms with E-state index in [1.165, 1.54) is 8.66 Å². The Morgan fingerprint density at radius 3 is 2.50 bits per heavy atom. The summed E-state index contributed by atoms with van der Waals surface area (Å²) in [6, 6.07) is 4.50. The molecule has 0 aliphatic carbocycles. The van der Waals surface area contributed by atoms with E-state index in [9.17, 15) is 4.79 Å². The van der Waals surface area contributed by atoms with Crippen LogP contribution in [0.2, 0.25) is 0 Å². The normalized spacial score (nSPS) is 17.6. The molecule has 0 atom stereocenters. The molecule has 2 rings (SSSR count). The summed E-state index contributed by atoms with van der Waals surface area (Å²) < 4.78 is 1.19. The van der Waals surface area contributed by atoms with Gasteiger partial charge in [0.25, 0.3) is 0 Å². The highest BCUT2D eigenvalue weighted by Gasteiger charge is 2.19. The largest absolute Gasteiger partial charge is 0.353 e. The summed E-state index contributed by atoms with van der Waals surface area (Å²) in [6.45, 7) is 9.54. The van der Waals surface area contributed by atoms with Gasteiger partial charge in [-0.05, 0) is 41.9 Å². The molecule has 1 N–H and O–H groups in total. The predicted octanol–water partition coefficient (Wildman–Crippen LogP) is 2.15. The minimum Gasteiger partial charge on any atom is -0.353 e. The molecule has 20 heavy (non-hydrogen) atoms. The van der Waals surface area contributed by atoms with Crippen molar-refractivity contribution in [2.75, 3.05) is 32.7 Å². The van der Waals surface area contributed by atoms with Gasteiger partial charge in [-0.3, -0.25) is 14.6 Å². The van der Waals surface area contributed by atoms with Crippen molar-refractivity contribution in [3.63, 3.8) is 0 Å². The Kier molecular flexibility index (Phi) is 6.01. The number of hydrogen-bond donors (Lipinski definition) is 1. The second-order valence-electron chi connectivity index (χ2n) is 5.48. The van der Waals surface area contributed by atoms with E-state index in [-0.39, 0.29) is 11.9 Å². The van der Waals surface area contributed by atoms with E-state index in [0.29, 0.717) is 6.54 Å². The molecule has 0 radical (unpaired) electrons. The van der Waals surface area contributed by atoms with Crippen molar-refractivity contribution in [2.45, 2.75) is 26.4 Å².